The number of aryl methyl sites for hydroxylation is 2. The van der Waals surface area contributed by atoms with Crippen molar-refractivity contribution in [2.24, 2.45) is 11.3 Å². The van der Waals surface area contributed by atoms with Gasteiger partial charge in [0.25, 0.3) is 0 Å². The Kier molecular flexibility index (Phi) is 2.95. The normalized spacial score (nSPS) is 35.2. The summed E-state index contributed by atoms with van der Waals surface area (Å²) in [5, 5.41) is 0. The second-order valence-electron chi connectivity index (χ2n) is 6.95. The summed E-state index contributed by atoms with van der Waals surface area (Å²) in [4.78, 5) is 0. The fraction of sp³-hybridized carbons (Fsp3) is 0.474. The summed E-state index contributed by atoms with van der Waals surface area (Å²) in [7, 11) is 1.84. The lowest BCUT2D eigenvalue weighted by Gasteiger charge is -2.50. The maximum atomic E-state index is 5.81. The Hall–Kier alpha value is -1.34. The van der Waals surface area contributed by atoms with E-state index in [4.69, 9.17) is 4.74 Å². The van der Waals surface area contributed by atoms with Crippen LogP contribution in [0.15, 0.2) is 36.4 Å². The van der Waals surface area contributed by atoms with Gasteiger partial charge in [0.05, 0.1) is 5.60 Å². The van der Waals surface area contributed by atoms with Crippen LogP contribution in [0.5, 0.6) is 0 Å². The SMILES string of the molecule is CO[C@]1(C)C[C@@]2(C)C=C[C@@H]1C=C2c1cc(C)cc(C)c1. The van der Waals surface area contributed by atoms with Gasteiger partial charge in [-0.25, -0.2) is 0 Å². The van der Waals surface area contributed by atoms with Crippen molar-refractivity contribution >= 4 is 5.57 Å². The van der Waals surface area contributed by atoms with Crippen molar-refractivity contribution in [2.75, 3.05) is 7.11 Å². The van der Waals surface area contributed by atoms with Crippen LogP contribution in [-0.2, 0) is 4.74 Å². The van der Waals surface area contributed by atoms with E-state index < -0.39 is 0 Å². The number of ether oxygens (including phenoxy) is 1. The van der Waals surface area contributed by atoms with Gasteiger partial charge in [-0.05, 0) is 38.3 Å². The minimum Gasteiger partial charge on any atom is -0.378 e. The Bertz CT molecular complexity index is 590. The van der Waals surface area contributed by atoms with E-state index in [2.05, 4.69) is 64.1 Å². The van der Waals surface area contributed by atoms with E-state index in [1.807, 2.05) is 7.11 Å². The molecule has 0 aromatic heterocycles. The fourth-order valence-corrected chi connectivity index (χ4v) is 3.98. The molecule has 106 valence electrons. The van der Waals surface area contributed by atoms with E-state index in [1.165, 1.54) is 22.3 Å². The Balaban J connectivity index is 2.10. The molecule has 3 aliphatic rings. The minimum absolute atomic E-state index is 0.0636. The topological polar surface area (TPSA) is 9.23 Å². The number of rotatable bonds is 2. The first-order valence-corrected chi connectivity index (χ1v) is 7.42. The molecule has 0 saturated heterocycles. The minimum atomic E-state index is -0.0636. The molecule has 0 N–H and O–H groups in total. The number of benzene rings is 1. The van der Waals surface area contributed by atoms with Crippen molar-refractivity contribution in [1.82, 2.24) is 0 Å². The first kappa shape index (κ1) is 13.6. The van der Waals surface area contributed by atoms with Crippen molar-refractivity contribution in [3.05, 3.63) is 53.1 Å². The highest BCUT2D eigenvalue weighted by molar-refractivity contribution is 5.76. The molecule has 0 fully saturated rings. The zero-order chi connectivity index (χ0) is 14.5. The molecule has 3 aliphatic carbocycles. The van der Waals surface area contributed by atoms with Gasteiger partial charge in [0.15, 0.2) is 0 Å². The van der Waals surface area contributed by atoms with Crippen LogP contribution in [-0.4, -0.2) is 12.7 Å². The van der Waals surface area contributed by atoms with Gasteiger partial charge >= 0.3 is 0 Å². The van der Waals surface area contributed by atoms with Crippen LogP contribution in [0.4, 0.5) is 0 Å². The Morgan fingerprint density at radius 1 is 1.10 bits per heavy atom. The zero-order valence-electron chi connectivity index (χ0n) is 13.2. The van der Waals surface area contributed by atoms with E-state index >= 15 is 0 Å². The molecule has 0 unspecified atom stereocenters. The molecular formula is C19H24O. The molecular weight excluding hydrogens is 244 g/mol. The van der Waals surface area contributed by atoms with Crippen LogP contribution in [0.1, 0.15) is 37.0 Å². The highest BCUT2D eigenvalue weighted by atomic mass is 16.5. The largest absolute Gasteiger partial charge is 0.378 e. The molecule has 1 nitrogen and oxygen atoms in total. The molecule has 2 bridgehead atoms. The average molecular weight is 268 g/mol. The predicted octanol–water partition coefficient (Wildman–Crippen LogP) is 4.69. The monoisotopic (exact) mass is 268 g/mol. The number of hydrogen-bond donors (Lipinski definition) is 0. The zero-order valence-corrected chi connectivity index (χ0v) is 13.2. The molecule has 0 aliphatic heterocycles. The smallest absolute Gasteiger partial charge is 0.0759 e. The van der Waals surface area contributed by atoms with Crippen LogP contribution < -0.4 is 0 Å². The average Bonchev–Trinajstić information content (AvgIpc) is 2.37. The molecule has 4 rings (SSSR count). The molecule has 0 saturated carbocycles. The summed E-state index contributed by atoms with van der Waals surface area (Å²) in [5.74, 6) is 0.380. The molecule has 20 heavy (non-hydrogen) atoms. The van der Waals surface area contributed by atoms with Gasteiger partial charge in [0.1, 0.15) is 0 Å². The van der Waals surface area contributed by atoms with Crippen molar-refractivity contribution < 1.29 is 4.74 Å². The van der Waals surface area contributed by atoms with E-state index in [0.29, 0.717) is 5.92 Å². The number of allylic oxidation sites excluding steroid dienone is 2. The van der Waals surface area contributed by atoms with Gasteiger partial charge < -0.3 is 4.74 Å². The van der Waals surface area contributed by atoms with Gasteiger partial charge in [-0.3, -0.25) is 0 Å². The summed E-state index contributed by atoms with van der Waals surface area (Å²) >= 11 is 0. The summed E-state index contributed by atoms with van der Waals surface area (Å²) in [5.41, 5.74) is 5.53. The van der Waals surface area contributed by atoms with Gasteiger partial charge in [-0.15, -0.1) is 0 Å². The van der Waals surface area contributed by atoms with Crippen LogP contribution in [0.25, 0.3) is 5.57 Å². The third-order valence-corrected chi connectivity index (χ3v) is 5.06. The number of hydrogen-bond acceptors (Lipinski definition) is 1. The van der Waals surface area contributed by atoms with Crippen molar-refractivity contribution in [3.63, 3.8) is 0 Å². The molecule has 1 aromatic carbocycles. The molecule has 1 heteroatoms. The lowest BCUT2D eigenvalue weighted by Crippen LogP contribution is -2.46. The highest BCUT2D eigenvalue weighted by Gasteiger charge is 2.48. The van der Waals surface area contributed by atoms with Crippen LogP contribution >= 0.6 is 0 Å². The van der Waals surface area contributed by atoms with Crippen molar-refractivity contribution in [1.29, 1.82) is 0 Å². The van der Waals surface area contributed by atoms with Crippen molar-refractivity contribution in [3.8, 4) is 0 Å². The summed E-state index contributed by atoms with van der Waals surface area (Å²) in [6.07, 6.45) is 8.17. The van der Waals surface area contributed by atoms with Gasteiger partial charge in [0.2, 0.25) is 0 Å². The molecule has 0 heterocycles. The molecule has 0 amide bonds. The van der Waals surface area contributed by atoms with Crippen LogP contribution in [0.3, 0.4) is 0 Å². The second kappa shape index (κ2) is 4.33. The lowest BCUT2D eigenvalue weighted by molar-refractivity contribution is -0.0461. The van der Waals surface area contributed by atoms with Gasteiger partial charge in [-0.2, -0.15) is 0 Å². The second-order valence-corrected chi connectivity index (χ2v) is 6.95. The standard InChI is InChI=1S/C19H24O/c1-13-8-14(2)10-15(9-13)17-11-16-6-7-18(17,3)12-19(16,4)20-5/h6-11,16H,12H2,1-5H3/t16-,18-,19-/m1/s1. The fourth-order valence-electron chi connectivity index (χ4n) is 3.98. The third kappa shape index (κ3) is 1.96. The van der Waals surface area contributed by atoms with Crippen molar-refractivity contribution in [2.45, 2.75) is 39.7 Å². The number of fused-ring (bicyclic) bond motifs is 1. The van der Waals surface area contributed by atoms with E-state index in [1.54, 1.807) is 0 Å². The third-order valence-electron chi connectivity index (χ3n) is 5.06. The van der Waals surface area contributed by atoms with E-state index in [9.17, 15) is 0 Å². The Morgan fingerprint density at radius 3 is 2.30 bits per heavy atom. The van der Waals surface area contributed by atoms with E-state index in [-0.39, 0.29) is 11.0 Å². The molecule has 1 aromatic rings. The first-order chi connectivity index (χ1) is 9.36. The first-order valence-electron chi connectivity index (χ1n) is 7.42. The predicted molar refractivity (Wildman–Crippen MR) is 84.7 cm³/mol. The molecule has 3 atom stereocenters. The van der Waals surface area contributed by atoms with Crippen LogP contribution in [0, 0.1) is 25.2 Å². The maximum Gasteiger partial charge on any atom is 0.0759 e. The lowest BCUT2D eigenvalue weighted by atomic mass is 9.58. The Labute approximate surface area is 122 Å². The van der Waals surface area contributed by atoms with Crippen LogP contribution in [0.2, 0.25) is 0 Å². The molecule has 0 radical (unpaired) electrons. The summed E-state index contributed by atoms with van der Waals surface area (Å²) < 4.78 is 5.81. The quantitative estimate of drug-likeness (QED) is 0.707. The van der Waals surface area contributed by atoms with Gasteiger partial charge in [-0.1, -0.05) is 54.5 Å². The molecule has 0 spiro atoms. The summed E-state index contributed by atoms with van der Waals surface area (Å²) in [6, 6.07) is 6.86. The highest BCUT2D eigenvalue weighted by Crippen LogP contribution is 2.54. The Morgan fingerprint density at radius 2 is 1.75 bits per heavy atom. The maximum absolute atomic E-state index is 5.81. The van der Waals surface area contributed by atoms with E-state index in [0.717, 1.165) is 6.42 Å². The number of methoxy groups -OCH3 is 1. The summed E-state index contributed by atoms with van der Waals surface area (Å²) in [6.45, 7) is 8.92. The van der Waals surface area contributed by atoms with Gasteiger partial charge in [0, 0.05) is 18.4 Å².